The molecule has 28 heavy (non-hydrogen) atoms. The Morgan fingerprint density at radius 3 is 2.71 bits per heavy atom. The molecule has 5 heteroatoms. The summed E-state index contributed by atoms with van der Waals surface area (Å²) in [5.74, 6) is 0. The molecule has 3 aromatic rings. The van der Waals surface area contributed by atoms with Crippen molar-refractivity contribution in [3.63, 3.8) is 0 Å². The van der Waals surface area contributed by atoms with Crippen LogP contribution in [-0.2, 0) is 5.41 Å². The minimum Gasteiger partial charge on any atom is -0.373 e. The number of piperidine rings is 1. The molecule has 0 saturated carbocycles. The van der Waals surface area contributed by atoms with E-state index in [1.807, 2.05) is 17.6 Å². The number of hydrogen-bond donors (Lipinski definition) is 0. The summed E-state index contributed by atoms with van der Waals surface area (Å²) < 4.78 is 1.32. The van der Waals surface area contributed by atoms with Crippen LogP contribution in [0.1, 0.15) is 24.0 Å². The Labute approximate surface area is 175 Å². The van der Waals surface area contributed by atoms with Crippen molar-refractivity contribution in [1.29, 1.82) is 0 Å². The first-order chi connectivity index (χ1) is 13.6. The van der Waals surface area contributed by atoms with Gasteiger partial charge < -0.3 is 4.90 Å². The molecule has 5 rings (SSSR count). The minimum absolute atomic E-state index is 0.258. The zero-order valence-corrected chi connectivity index (χ0v) is 17.6. The SMILES string of the molecule is CN1CC2(CCN(C/C=C/c3ccc(Cl)cc3)CC2)c2c1ccc1scnc21. The van der Waals surface area contributed by atoms with Crippen LogP contribution in [-0.4, -0.2) is 43.1 Å². The average Bonchev–Trinajstić information content (AvgIpc) is 3.28. The summed E-state index contributed by atoms with van der Waals surface area (Å²) in [5, 5.41) is 0.787. The average molecular weight is 410 g/mol. The maximum atomic E-state index is 5.96. The molecule has 1 spiro atoms. The van der Waals surface area contributed by atoms with Gasteiger partial charge in [-0.1, -0.05) is 35.9 Å². The van der Waals surface area contributed by atoms with Crippen molar-refractivity contribution in [3.05, 3.63) is 64.1 Å². The first-order valence-electron chi connectivity index (χ1n) is 9.87. The van der Waals surface area contributed by atoms with E-state index < -0.39 is 0 Å². The van der Waals surface area contributed by atoms with Crippen molar-refractivity contribution in [2.45, 2.75) is 18.3 Å². The Balaban J connectivity index is 1.30. The van der Waals surface area contributed by atoms with Gasteiger partial charge in [0.1, 0.15) is 0 Å². The van der Waals surface area contributed by atoms with Gasteiger partial charge in [-0.3, -0.25) is 4.90 Å². The minimum atomic E-state index is 0.258. The molecular formula is C23H24ClN3S. The maximum Gasteiger partial charge on any atom is 0.0871 e. The number of aromatic nitrogens is 1. The topological polar surface area (TPSA) is 19.4 Å². The van der Waals surface area contributed by atoms with Gasteiger partial charge in [0, 0.05) is 41.8 Å². The van der Waals surface area contributed by atoms with Crippen LogP contribution in [0, 0.1) is 0 Å². The molecule has 2 aromatic carbocycles. The number of benzene rings is 2. The second-order valence-electron chi connectivity index (χ2n) is 8.05. The molecule has 0 aliphatic carbocycles. The smallest absolute Gasteiger partial charge is 0.0871 e. The molecule has 0 unspecified atom stereocenters. The monoisotopic (exact) mass is 409 g/mol. The predicted octanol–water partition coefficient (Wildman–Crippen LogP) is 5.45. The van der Waals surface area contributed by atoms with Gasteiger partial charge in [-0.15, -0.1) is 11.3 Å². The third-order valence-electron chi connectivity index (χ3n) is 6.32. The number of rotatable bonds is 3. The summed E-state index contributed by atoms with van der Waals surface area (Å²) in [6.07, 6.45) is 6.87. The highest BCUT2D eigenvalue weighted by atomic mass is 35.5. The van der Waals surface area contributed by atoms with E-state index in [0.29, 0.717) is 0 Å². The summed E-state index contributed by atoms with van der Waals surface area (Å²) in [6.45, 7) is 4.40. The zero-order chi connectivity index (χ0) is 19.1. The lowest BCUT2D eigenvalue weighted by Gasteiger charge is -2.39. The molecule has 3 nitrogen and oxygen atoms in total. The number of hydrogen-bond acceptors (Lipinski definition) is 4. The Hall–Kier alpha value is -1.88. The molecule has 3 heterocycles. The fourth-order valence-electron chi connectivity index (χ4n) is 4.86. The number of fused-ring (bicyclic) bond motifs is 4. The van der Waals surface area contributed by atoms with Gasteiger partial charge in [-0.25, -0.2) is 4.98 Å². The fourth-order valence-corrected chi connectivity index (χ4v) is 5.67. The molecule has 0 N–H and O–H groups in total. The van der Waals surface area contributed by atoms with Gasteiger partial charge in [-0.2, -0.15) is 0 Å². The predicted molar refractivity (Wildman–Crippen MR) is 121 cm³/mol. The molecule has 0 radical (unpaired) electrons. The second kappa shape index (κ2) is 7.18. The van der Waals surface area contributed by atoms with Gasteiger partial charge in [0.05, 0.1) is 15.7 Å². The summed E-state index contributed by atoms with van der Waals surface area (Å²) >= 11 is 7.72. The third-order valence-corrected chi connectivity index (χ3v) is 7.37. The third kappa shape index (κ3) is 3.14. The zero-order valence-electron chi connectivity index (χ0n) is 16.1. The number of nitrogens with zero attached hydrogens (tertiary/aromatic N) is 3. The fraction of sp³-hybridized carbons (Fsp3) is 0.348. The van der Waals surface area contributed by atoms with E-state index in [1.165, 1.54) is 39.9 Å². The van der Waals surface area contributed by atoms with Gasteiger partial charge in [-0.05, 0) is 55.8 Å². The van der Waals surface area contributed by atoms with E-state index >= 15 is 0 Å². The number of halogens is 1. The standard InChI is InChI=1S/C23H24ClN3S/c1-26-15-23(21-19(26)8-9-20-22(21)25-16-28-20)10-13-27(14-11-23)12-2-3-17-4-6-18(24)7-5-17/h2-9,16H,10-15H2,1H3/b3-2+. The Morgan fingerprint density at radius 1 is 1.14 bits per heavy atom. The van der Waals surface area contributed by atoms with E-state index in [1.54, 1.807) is 11.3 Å². The first kappa shape index (κ1) is 18.2. The lowest BCUT2D eigenvalue weighted by Crippen LogP contribution is -2.44. The van der Waals surface area contributed by atoms with Crippen LogP contribution in [0.2, 0.25) is 5.02 Å². The van der Waals surface area contributed by atoms with Crippen LogP contribution in [0.15, 0.2) is 48.0 Å². The first-order valence-corrected chi connectivity index (χ1v) is 11.1. The molecule has 0 amide bonds. The summed E-state index contributed by atoms with van der Waals surface area (Å²) in [5.41, 5.74) is 7.58. The highest BCUT2D eigenvalue weighted by Gasteiger charge is 2.45. The molecule has 0 atom stereocenters. The van der Waals surface area contributed by atoms with Gasteiger partial charge >= 0.3 is 0 Å². The number of anilines is 1. The van der Waals surface area contributed by atoms with Crippen LogP contribution in [0.25, 0.3) is 16.3 Å². The van der Waals surface area contributed by atoms with E-state index in [0.717, 1.165) is 31.2 Å². The maximum absolute atomic E-state index is 5.96. The Kier molecular flexibility index (Phi) is 4.66. The molecule has 2 aliphatic rings. The molecule has 144 valence electrons. The van der Waals surface area contributed by atoms with Crippen LogP contribution < -0.4 is 4.90 Å². The normalized spacial score (nSPS) is 19.1. The molecule has 0 bridgehead atoms. The van der Waals surface area contributed by atoms with Crippen molar-refractivity contribution in [2.24, 2.45) is 0 Å². The van der Waals surface area contributed by atoms with Gasteiger partial charge in [0.15, 0.2) is 0 Å². The van der Waals surface area contributed by atoms with E-state index in [2.05, 4.69) is 53.3 Å². The van der Waals surface area contributed by atoms with Crippen LogP contribution in [0.3, 0.4) is 0 Å². The van der Waals surface area contributed by atoms with Crippen molar-refractivity contribution in [2.75, 3.05) is 38.1 Å². The van der Waals surface area contributed by atoms with E-state index in [-0.39, 0.29) is 5.41 Å². The largest absolute Gasteiger partial charge is 0.373 e. The van der Waals surface area contributed by atoms with Crippen molar-refractivity contribution in [3.8, 4) is 0 Å². The highest BCUT2D eigenvalue weighted by molar-refractivity contribution is 7.16. The molecule has 1 saturated heterocycles. The van der Waals surface area contributed by atoms with Gasteiger partial charge in [0.2, 0.25) is 0 Å². The van der Waals surface area contributed by atoms with Crippen molar-refractivity contribution >= 4 is 44.9 Å². The van der Waals surface area contributed by atoms with Crippen LogP contribution in [0.5, 0.6) is 0 Å². The number of likely N-dealkylation sites (tertiary alicyclic amines) is 1. The molecular weight excluding hydrogens is 386 g/mol. The van der Waals surface area contributed by atoms with E-state index in [9.17, 15) is 0 Å². The van der Waals surface area contributed by atoms with Crippen molar-refractivity contribution < 1.29 is 0 Å². The molecule has 1 fully saturated rings. The number of thiazole rings is 1. The lowest BCUT2D eigenvalue weighted by molar-refractivity contribution is 0.182. The quantitative estimate of drug-likeness (QED) is 0.573. The highest BCUT2D eigenvalue weighted by Crippen LogP contribution is 2.49. The van der Waals surface area contributed by atoms with E-state index in [4.69, 9.17) is 16.6 Å². The molecule has 1 aromatic heterocycles. The second-order valence-corrected chi connectivity index (χ2v) is 9.37. The lowest BCUT2D eigenvalue weighted by atomic mass is 9.74. The summed E-state index contributed by atoms with van der Waals surface area (Å²) in [7, 11) is 2.23. The van der Waals surface area contributed by atoms with Crippen LogP contribution >= 0.6 is 22.9 Å². The number of likely N-dealkylation sites (N-methyl/N-ethyl adjacent to an activating group) is 1. The van der Waals surface area contributed by atoms with Crippen molar-refractivity contribution in [1.82, 2.24) is 9.88 Å². The molecule has 2 aliphatic heterocycles. The summed E-state index contributed by atoms with van der Waals surface area (Å²) in [4.78, 5) is 9.74. The Morgan fingerprint density at radius 2 is 1.93 bits per heavy atom. The summed E-state index contributed by atoms with van der Waals surface area (Å²) in [6, 6.07) is 12.5. The van der Waals surface area contributed by atoms with Gasteiger partial charge in [0.25, 0.3) is 0 Å². The van der Waals surface area contributed by atoms with Crippen LogP contribution in [0.4, 0.5) is 5.69 Å². The Bertz CT molecular complexity index is 1020.